The van der Waals surface area contributed by atoms with Gasteiger partial charge in [0.15, 0.2) is 0 Å². The third kappa shape index (κ3) is 1.99. The van der Waals surface area contributed by atoms with Gasteiger partial charge in [0.05, 0.1) is 19.3 Å². The van der Waals surface area contributed by atoms with Crippen LogP contribution in [-0.2, 0) is 15.0 Å². The number of hydrogen-bond acceptors (Lipinski definition) is 5. The van der Waals surface area contributed by atoms with Gasteiger partial charge >= 0.3 is 5.97 Å². The Balaban J connectivity index is 2.54. The molecule has 6 nitrogen and oxygen atoms in total. The van der Waals surface area contributed by atoms with Crippen molar-refractivity contribution >= 4 is 5.97 Å². The topological polar surface area (TPSA) is 77.8 Å². The molecule has 0 aromatic carbocycles. The van der Waals surface area contributed by atoms with E-state index >= 15 is 0 Å². The number of ether oxygens (including phenoxy) is 2. The quantitative estimate of drug-likeness (QED) is 0.775. The third-order valence-electron chi connectivity index (χ3n) is 3.22. The van der Waals surface area contributed by atoms with Crippen molar-refractivity contribution in [2.24, 2.45) is 0 Å². The molecule has 0 saturated carbocycles. The Hall–Kier alpha value is -1.82. The minimum absolute atomic E-state index is 0.0229. The number of aromatic nitrogens is 1. The number of rotatable bonds is 2. The van der Waals surface area contributed by atoms with Gasteiger partial charge in [-0.05, 0) is 13.3 Å². The minimum atomic E-state index is -0.677. The van der Waals surface area contributed by atoms with Crippen LogP contribution in [0.25, 0.3) is 0 Å². The van der Waals surface area contributed by atoms with Crippen LogP contribution in [0.2, 0.25) is 0 Å². The summed E-state index contributed by atoms with van der Waals surface area (Å²) in [7, 11) is 1.22. The van der Waals surface area contributed by atoms with Crippen molar-refractivity contribution in [3.8, 4) is 5.75 Å². The van der Waals surface area contributed by atoms with Gasteiger partial charge in [0.25, 0.3) is 5.56 Å². The van der Waals surface area contributed by atoms with Gasteiger partial charge in [-0.3, -0.25) is 4.79 Å². The van der Waals surface area contributed by atoms with Crippen LogP contribution in [-0.4, -0.2) is 36.0 Å². The first-order valence-electron chi connectivity index (χ1n) is 5.60. The molecule has 18 heavy (non-hydrogen) atoms. The molecule has 1 saturated heterocycles. The molecule has 1 aromatic rings. The molecule has 6 heteroatoms. The number of carbonyl (C=O) groups excluding carboxylic acids is 1. The fourth-order valence-electron chi connectivity index (χ4n) is 2.06. The molecule has 0 bridgehead atoms. The van der Waals surface area contributed by atoms with E-state index in [1.54, 1.807) is 0 Å². The number of nitrogens with zero attached hydrogens (tertiary/aromatic N) is 1. The fourth-order valence-corrected chi connectivity index (χ4v) is 2.06. The Kier molecular flexibility index (Phi) is 3.13. The van der Waals surface area contributed by atoms with Gasteiger partial charge in [-0.25, -0.2) is 4.79 Å². The number of aromatic hydroxyl groups is 1. The van der Waals surface area contributed by atoms with Crippen LogP contribution < -0.4 is 5.56 Å². The molecular formula is C12H15NO5. The van der Waals surface area contributed by atoms with Gasteiger partial charge in [-0.15, -0.1) is 0 Å². The zero-order valence-corrected chi connectivity index (χ0v) is 10.3. The molecule has 2 heterocycles. The van der Waals surface area contributed by atoms with E-state index in [2.05, 4.69) is 4.74 Å². The second-order valence-corrected chi connectivity index (χ2v) is 4.57. The first-order chi connectivity index (χ1) is 8.48. The first kappa shape index (κ1) is 12.6. The SMILES string of the molecule is COC(=O)c1cn(C2(C)CCOC2)c(=O)cc1O. The highest BCUT2D eigenvalue weighted by Gasteiger charge is 2.33. The zero-order valence-electron chi connectivity index (χ0n) is 10.3. The van der Waals surface area contributed by atoms with Crippen LogP contribution in [0.15, 0.2) is 17.1 Å². The summed E-state index contributed by atoms with van der Waals surface area (Å²) < 4.78 is 11.3. The molecule has 1 aliphatic heterocycles. The molecule has 1 atom stereocenters. The molecular weight excluding hydrogens is 238 g/mol. The van der Waals surface area contributed by atoms with Gasteiger partial charge in [-0.1, -0.05) is 0 Å². The highest BCUT2D eigenvalue weighted by molar-refractivity contribution is 5.91. The second-order valence-electron chi connectivity index (χ2n) is 4.57. The number of esters is 1. The summed E-state index contributed by atoms with van der Waals surface area (Å²) >= 11 is 0. The molecule has 98 valence electrons. The fraction of sp³-hybridized carbons (Fsp3) is 0.500. The molecule has 1 fully saturated rings. The Labute approximate surface area is 104 Å². The van der Waals surface area contributed by atoms with Gasteiger partial charge in [0.1, 0.15) is 11.3 Å². The Morgan fingerprint density at radius 1 is 1.61 bits per heavy atom. The van der Waals surface area contributed by atoms with Crippen molar-refractivity contribution < 1.29 is 19.4 Å². The molecule has 1 aromatic heterocycles. The maximum Gasteiger partial charge on any atom is 0.343 e. The van der Waals surface area contributed by atoms with Gasteiger partial charge < -0.3 is 19.1 Å². The highest BCUT2D eigenvalue weighted by atomic mass is 16.5. The molecule has 0 radical (unpaired) electrons. The second kappa shape index (κ2) is 4.45. The average molecular weight is 253 g/mol. The molecule has 2 rings (SSSR count). The summed E-state index contributed by atoms with van der Waals surface area (Å²) in [5.41, 5.74) is -0.883. The summed E-state index contributed by atoms with van der Waals surface area (Å²) in [5.74, 6) is -1.05. The lowest BCUT2D eigenvalue weighted by molar-refractivity contribution is 0.0595. The van der Waals surface area contributed by atoms with Crippen molar-refractivity contribution in [2.75, 3.05) is 20.3 Å². The van der Waals surface area contributed by atoms with Crippen LogP contribution in [0, 0.1) is 0 Å². The lowest BCUT2D eigenvalue weighted by Crippen LogP contribution is -2.39. The summed E-state index contributed by atoms with van der Waals surface area (Å²) in [6.07, 6.45) is 2.01. The number of pyridine rings is 1. The Bertz CT molecular complexity index is 528. The number of methoxy groups -OCH3 is 1. The lowest BCUT2D eigenvalue weighted by Gasteiger charge is -2.25. The van der Waals surface area contributed by atoms with Crippen molar-refractivity contribution in [1.82, 2.24) is 4.57 Å². The zero-order chi connectivity index (χ0) is 13.3. The predicted octanol–water partition coefficient (Wildman–Crippen LogP) is 0.476. The molecule has 0 spiro atoms. The minimum Gasteiger partial charge on any atom is -0.507 e. The van der Waals surface area contributed by atoms with Crippen LogP contribution in [0.5, 0.6) is 5.75 Å². The van der Waals surface area contributed by atoms with E-state index in [1.165, 1.54) is 17.9 Å². The first-order valence-corrected chi connectivity index (χ1v) is 5.60. The predicted molar refractivity (Wildman–Crippen MR) is 62.8 cm³/mol. The molecule has 1 unspecified atom stereocenters. The lowest BCUT2D eigenvalue weighted by atomic mass is 10.0. The van der Waals surface area contributed by atoms with Crippen molar-refractivity contribution in [1.29, 1.82) is 0 Å². The van der Waals surface area contributed by atoms with Gasteiger partial charge in [-0.2, -0.15) is 0 Å². The van der Waals surface area contributed by atoms with Crippen LogP contribution in [0.1, 0.15) is 23.7 Å². The third-order valence-corrected chi connectivity index (χ3v) is 3.22. The van der Waals surface area contributed by atoms with Crippen molar-refractivity contribution in [2.45, 2.75) is 18.9 Å². The maximum absolute atomic E-state index is 11.9. The Morgan fingerprint density at radius 3 is 2.89 bits per heavy atom. The number of carbonyl (C=O) groups is 1. The van der Waals surface area contributed by atoms with E-state index in [4.69, 9.17) is 4.74 Å². The largest absolute Gasteiger partial charge is 0.507 e. The highest BCUT2D eigenvalue weighted by Crippen LogP contribution is 2.27. The summed E-state index contributed by atoms with van der Waals surface area (Å²) in [4.78, 5) is 23.4. The monoisotopic (exact) mass is 253 g/mol. The molecule has 0 aliphatic carbocycles. The number of hydrogen-bond donors (Lipinski definition) is 1. The molecule has 1 N–H and O–H groups in total. The summed E-state index contributed by atoms with van der Waals surface area (Å²) in [6.45, 7) is 2.84. The van der Waals surface area contributed by atoms with Crippen molar-refractivity contribution in [3.05, 3.63) is 28.2 Å². The van der Waals surface area contributed by atoms with Gasteiger partial charge in [0, 0.05) is 18.9 Å². The standard InChI is InChI=1S/C12H15NO5/c1-12(3-4-18-7-12)13-6-8(11(16)17-2)9(14)5-10(13)15/h5-6,14H,3-4,7H2,1-2H3. The van der Waals surface area contributed by atoms with E-state index in [1.807, 2.05) is 6.92 Å². The average Bonchev–Trinajstić information content (AvgIpc) is 2.76. The van der Waals surface area contributed by atoms with Gasteiger partial charge in [0.2, 0.25) is 0 Å². The van der Waals surface area contributed by atoms with E-state index in [0.717, 1.165) is 6.07 Å². The summed E-state index contributed by atoms with van der Waals surface area (Å²) in [6, 6.07) is 1.02. The summed E-state index contributed by atoms with van der Waals surface area (Å²) in [5, 5.41) is 9.60. The van der Waals surface area contributed by atoms with E-state index in [9.17, 15) is 14.7 Å². The van der Waals surface area contributed by atoms with Crippen LogP contribution in [0.3, 0.4) is 0 Å². The molecule has 1 aliphatic rings. The van der Waals surface area contributed by atoms with Crippen LogP contribution in [0.4, 0.5) is 0 Å². The molecule has 0 amide bonds. The van der Waals surface area contributed by atoms with E-state index < -0.39 is 11.5 Å². The smallest absolute Gasteiger partial charge is 0.343 e. The maximum atomic E-state index is 11.9. The normalized spacial score (nSPS) is 23.0. The van der Waals surface area contributed by atoms with Crippen molar-refractivity contribution in [3.63, 3.8) is 0 Å². The van der Waals surface area contributed by atoms with Crippen LogP contribution >= 0.6 is 0 Å². The van der Waals surface area contributed by atoms with E-state index in [-0.39, 0.29) is 16.9 Å². The van der Waals surface area contributed by atoms with E-state index in [0.29, 0.717) is 19.6 Å². The Morgan fingerprint density at radius 2 is 2.33 bits per heavy atom.